The van der Waals surface area contributed by atoms with Crippen LogP contribution in [0.5, 0.6) is 0 Å². The van der Waals surface area contributed by atoms with E-state index in [1.54, 1.807) is 0 Å². The van der Waals surface area contributed by atoms with E-state index >= 15 is 0 Å². The third kappa shape index (κ3) is 5.19. The molecule has 0 saturated heterocycles. The molecule has 0 aliphatic heterocycles. The highest BCUT2D eigenvalue weighted by Gasteiger charge is 2.14. The third-order valence-electron chi connectivity index (χ3n) is 2.40. The predicted molar refractivity (Wildman–Crippen MR) is 67.5 cm³/mol. The van der Waals surface area contributed by atoms with Gasteiger partial charge in [-0.2, -0.15) is 0 Å². The van der Waals surface area contributed by atoms with Crippen LogP contribution < -0.4 is 5.32 Å². The number of hydrogen-bond donors (Lipinski definition) is 1. The van der Waals surface area contributed by atoms with E-state index in [2.05, 4.69) is 43.4 Å². The maximum atomic E-state index is 5.85. The molecule has 1 aromatic rings. The van der Waals surface area contributed by atoms with Crippen LogP contribution >= 0.6 is 11.6 Å². The first-order valence-electron chi connectivity index (χ1n) is 5.45. The molecule has 15 heavy (non-hydrogen) atoms. The van der Waals surface area contributed by atoms with E-state index in [0.717, 1.165) is 19.5 Å². The van der Waals surface area contributed by atoms with Crippen molar-refractivity contribution in [1.82, 2.24) is 5.32 Å². The maximum absolute atomic E-state index is 5.85. The van der Waals surface area contributed by atoms with E-state index in [-0.39, 0.29) is 5.41 Å². The average molecular weight is 226 g/mol. The molecule has 0 saturated carbocycles. The van der Waals surface area contributed by atoms with Crippen LogP contribution in [-0.2, 0) is 6.42 Å². The van der Waals surface area contributed by atoms with Gasteiger partial charge in [-0.3, -0.25) is 0 Å². The van der Waals surface area contributed by atoms with E-state index in [9.17, 15) is 0 Å². The summed E-state index contributed by atoms with van der Waals surface area (Å²) in [5.41, 5.74) is 1.58. The summed E-state index contributed by atoms with van der Waals surface area (Å²) in [5, 5.41) is 3.44. The molecule has 0 aliphatic carbocycles. The van der Waals surface area contributed by atoms with Crippen LogP contribution in [0.15, 0.2) is 30.3 Å². The third-order valence-corrected chi connectivity index (χ3v) is 3.12. The second-order valence-corrected chi connectivity index (χ2v) is 4.98. The number of halogens is 1. The minimum atomic E-state index is 0.193. The minimum Gasteiger partial charge on any atom is -0.316 e. The molecule has 0 atom stereocenters. The fourth-order valence-electron chi connectivity index (χ4n) is 1.35. The summed E-state index contributed by atoms with van der Waals surface area (Å²) in [4.78, 5) is 0. The molecule has 0 heterocycles. The minimum absolute atomic E-state index is 0.193. The lowest BCUT2D eigenvalue weighted by atomic mass is 9.96. The van der Waals surface area contributed by atoms with Gasteiger partial charge in [0.05, 0.1) is 0 Å². The monoisotopic (exact) mass is 225 g/mol. The molecule has 84 valence electrons. The van der Waals surface area contributed by atoms with Gasteiger partial charge in [0.2, 0.25) is 0 Å². The molecule has 1 rings (SSSR count). The molecule has 1 nitrogen and oxygen atoms in total. The van der Waals surface area contributed by atoms with Gasteiger partial charge in [0, 0.05) is 12.4 Å². The standard InChI is InChI=1S/C13H20ClN/c1-13(2,10-14)11-15-9-8-12-6-4-3-5-7-12/h3-7,15H,8-11H2,1-2H3. The number of benzene rings is 1. The molecule has 0 amide bonds. The smallest absolute Gasteiger partial charge is 0.0286 e. The Kier molecular flexibility index (Phi) is 5.13. The molecule has 0 bridgehead atoms. The van der Waals surface area contributed by atoms with Gasteiger partial charge in [-0.05, 0) is 23.9 Å². The van der Waals surface area contributed by atoms with E-state index < -0.39 is 0 Å². The van der Waals surface area contributed by atoms with Crippen LogP contribution in [0.25, 0.3) is 0 Å². The lowest BCUT2D eigenvalue weighted by Gasteiger charge is -2.21. The van der Waals surface area contributed by atoms with E-state index in [1.165, 1.54) is 5.56 Å². The van der Waals surface area contributed by atoms with Crippen molar-refractivity contribution >= 4 is 11.6 Å². The number of nitrogens with one attached hydrogen (secondary N) is 1. The Morgan fingerprint density at radius 1 is 1.20 bits per heavy atom. The van der Waals surface area contributed by atoms with Gasteiger partial charge in [0.15, 0.2) is 0 Å². The highest BCUT2D eigenvalue weighted by atomic mass is 35.5. The van der Waals surface area contributed by atoms with Crippen LogP contribution in [-0.4, -0.2) is 19.0 Å². The van der Waals surface area contributed by atoms with Crippen molar-refractivity contribution in [3.8, 4) is 0 Å². The number of hydrogen-bond acceptors (Lipinski definition) is 1. The first-order chi connectivity index (χ1) is 7.14. The molecule has 1 N–H and O–H groups in total. The largest absolute Gasteiger partial charge is 0.316 e. The first-order valence-corrected chi connectivity index (χ1v) is 5.98. The predicted octanol–water partition coefficient (Wildman–Crippen LogP) is 3.08. The summed E-state index contributed by atoms with van der Waals surface area (Å²) in [6.07, 6.45) is 1.08. The second-order valence-electron chi connectivity index (χ2n) is 4.71. The molecule has 0 fully saturated rings. The Bertz CT molecular complexity index is 269. The highest BCUT2D eigenvalue weighted by Crippen LogP contribution is 2.14. The lowest BCUT2D eigenvalue weighted by molar-refractivity contribution is 0.387. The van der Waals surface area contributed by atoms with Crippen molar-refractivity contribution in [2.45, 2.75) is 20.3 Å². The topological polar surface area (TPSA) is 12.0 Å². The Hall–Kier alpha value is -0.530. The summed E-state index contributed by atoms with van der Waals surface area (Å²) >= 11 is 5.85. The Balaban J connectivity index is 2.18. The summed E-state index contributed by atoms with van der Waals surface area (Å²) in [7, 11) is 0. The fourth-order valence-corrected chi connectivity index (χ4v) is 1.45. The van der Waals surface area contributed by atoms with Gasteiger partial charge < -0.3 is 5.32 Å². The lowest BCUT2D eigenvalue weighted by Crippen LogP contribution is -2.31. The quantitative estimate of drug-likeness (QED) is 0.580. The summed E-state index contributed by atoms with van der Waals surface area (Å²) in [6, 6.07) is 10.5. The molecule has 0 aliphatic rings. The molecular weight excluding hydrogens is 206 g/mol. The van der Waals surface area contributed by atoms with Crippen molar-refractivity contribution < 1.29 is 0 Å². The van der Waals surface area contributed by atoms with E-state index in [4.69, 9.17) is 11.6 Å². The molecule has 0 aromatic heterocycles. The van der Waals surface area contributed by atoms with Crippen molar-refractivity contribution in [3.05, 3.63) is 35.9 Å². The highest BCUT2D eigenvalue weighted by molar-refractivity contribution is 6.18. The zero-order valence-electron chi connectivity index (χ0n) is 9.59. The zero-order valence-corrected chi connectivity index (χ0v) is 10.3. The molecule has 2 heteroatoms. The molecular formula is C13H20ClN. The van der Waals surface area contributed by atoms with Crippen LogP contribution in [0, 0.1) is 5.41 Å². The van der Waals surface area contributed by atoms with Crippen molar-refractivity contribution in [1.29, 1.82) is 0 Å². The van der Waals surface area contributed by atoms with Crippen LogP contribution in [0.2, 0.25) is 0 Å². The summed E-state index contributed by atoms with van der Waals surface area (Å²) in [5.74, 6) is 0.700. The SMILES string of the molecule is CC(C)(CCl)CNCCc1ccccc1. The van der Waals surface area contributed by atoms with Crippen LogP contribution in [0.4, 0.5) is 0 Å². The normalized spacial score (nSPS) is 11.7. The van der Waals surface area contributed by atoms with Gasteiger partial charge in [-0.25, -0.2) is 0 Å². The maximum Gasteiger partial charge on any atom is 0.0286 e. The van der Waals surface area contributed by atoms with Gasteiger partial charge in [-0.15, -0.1) is 11.6 Å². The van der Waals surface area contributed by atoms with Crippen LogP contribution in [0.1, 0.15) is 19.4 Å². The molecule has 0 unspecified atom stereocenters. The van der Waals surface area contributed by atoms with Gasteiger partial charge in [0.1, 0.15) is 0 Å². The van der Waals surface area contributed by atoms with Gasteiger partial charge in [-0.1, -0.05) is 44.2 Å². The van der Waals surface area contributed by atoms with Gasteiger partial charge in [0.25, 0.3) is 0 Å². The van der Waals surface area contributed by atoms with Crippen molar-refractivity contribution in [2.24, 2.45) is 5.41 Å². The van der Waals surface area contributed by atoms with Crippen LogP contribution in [0.3, 0.4) is 0 Å². The average Bonchev–Trinajstić information content (AvgIpc) is 2.26. The Labute approximate surface area is 97.8 Å². The summed E-state index contributed by atoms with van der Waals surface area (Å²) in [6.45, 7) is 6.35. The molecule has 0 radical (unpaired) electrons. The zero-order chi connectivity index (χ0) is 11.1. The molecule has 0 spiro atoms. The number of alkyl halides is 1. The van der Waals surface area contributed by atoms with E-state index in [1.807, 2.05) is 6.07 Å². The molecule has 1 aromatic carbocycles. The second kappa shape index (κ2) is 6.14. The van der Waals surface area contributed by atoms with Crippen molar-refractivity contribution in [3.63, 3.8) is 0 Å². The summed E-state index contributed by atoms with van der Waals surface area (Å²) < 4.78 is 0. The fraction of sp³-hybridized carbons (Fsp3) is 0.538. The Morgan fingerprint density at radius 3 is 2.47 bits per heavy atom. The van der Waals surface area contributed by atoms with Crippen molar-refractivity contribution in [2.75, 3.05) is 19.0 Å². The first kappa shape index (κ1) is 12.5. The van der Waals surface area contributed by atoms with Gasteiger partial charge >= 0.3 is 0 Å². The van der Waals surface area contributed by atoms with E-state index in [0.29, 0.717) is 5.88 Å². The number of rotatable bonds is 6. The Morgan fingerprint density at radius 2 is 1.87 bits per heavy atom.